The maximum absolute atomic E-state index is 13.3. The summed E-state index contributed by atoms with van der Waals surface area (Å²) in [5.74, 6) is -0.451. The topological polar surface area (TPSA) is 107 Å². The molecule has 8 nitrogen and oxygen atoms in total. The van der Waals surface area contributed by atoms with Crippen LogP contribution in [-0.4, -0.2) is 65.9 Å². The van der Waals surface area contributed by atoms with Crippen LogP contribution >= 0.6 is 0 Å². The Morgan fingerprint density at radius 2 is 1.44 bits per heavy atom. The smallest absolute Gasteiger partial charge is 0.244 e. The summed E-state index contributed by atoms with van der Waals surface area (Å²) < 4.78 is 37.3. The third-order valence-corrected chi connectivity index (χ3v) is 5.94. The van der Waals surface area contributed by atoms with Crippen molar-refractivity contribution < 1.29 is 17.9 Å². The van der Waals surface area contributed by atoms with Crippen LogP contribution < -0.4 is 4.90 Å². The van der Waals surface area contributed by atoms with E-state index in [9.17, 15) is 8.42 Å². The molecule has 0 aromatic heterocycles. The number of rotatable bonds is 7. The molecule has 0 aliphatic rings. The van der Waals surface area contributed by atoms with Crippen molar-refractivity contribution >= 4 is 38.3 Å². The molecule has 9 heteroatoms. The number of methoxy groups -OCH3 is 2. The number of benzene rings is 2. The Morgan fingerprint density at radius 3 is 1.96 bits per heavy atom. The van der Waals surface area contributed by atoms with Gasteiger partial charge >= 0.3 is 0 Å². The van der Waals surface area contributed by atoms with Crippen LogP contribution in [0.5, 0.6) is 0 Å². The molecule has 0 unspecified atom stereocenters. The summed E-state index contributed by atoms with van der Waals surface area (Å²) in [7, 11) is 2.38. The number of fused-ring (bicyclic) bond motifs is 1. The summed E-state index contributed by atoms with van der Waals surface area (Å²) in [5, 5.41) is 16.8. The summed E-state index contributed by atoms with van der Waals surface area (Å²) in [6.45, 7) is -0.595. The van der Waals surface area contributed by atoms with Crippen LogP contribution in [0.2, 0.25) is 0 Å². The van der Waals surface area contributed by atoms with E-state index in [-0.39, 0.29) is 29.8 Å². The van der Waals surface area contributed by atoms with Crippen LogP contribution in [0.1, 0.15) is 0 Å². The van der Waals surface area contributed by atoms with Crippen molar-refractivity contribution in [2.75, 3.05) is 46.3 Å². The first-order valence-electron chi connectivity index (χ1n) is 8.14. The number of nitrogens with one attached hydrogen (secondary N) is 2. The lowest BCUT2D eigenvalue weighted by Crippen LogP contribution is -2.39. The summed E-state index contributed by atoms with van der Waals surface area (Å²) in [6, 6.07) is 10.5. The van der Waals surface area contributed by atoms with E-state index in [0.29, 0.717) is 5.39 Å². The highest BCUT2D eigenvalue weighted by molar-refractivity contribution is 7.89. The van der Waals surface area contributed by atoms with Crippen LogP contribution in [-0.2, 0) is 19.5 Å². The standard InChI is InChI=1S/C18H24N4O4S/c1-21(2)15-9-5-8-14-13(15)7-6-10-16(14)27(23,24)22(11-17(19)25-3)12-18(20)26-4/h5-10,19-20H,11-12H2,1-4H3. The van der Waals surface area contributed by atoms with Gasteiger partial charge in [0.05, 0.1) is 32.2 Å². The fourth-order valence-corrected chi connectivity index (χ4v) is 4.25. The number of anilines is 1. The zero-order valence-electron chi connectivity index (χ0n) is 15.8. The SMILES string of the molecule is COC(=N)CN(CC(=N)OC)S(=O)(=O)c1cccc2c(N(C)C)cccc12. The van der Waals surface area contributed by atoms with Crippen molar-refractivity contribution in [1.82, 2.24) is 4.31 Å². The molecule has 2 rings (SSSR count). The molecule has 0 heterocycles. The fourth-order valence-electron chi connectivity index (χ4n) is 2.69. The van der Waals surface area contributed by atoms with Crippen molar-refractivity contribution in [1.29, 1.82) is 10.8 Å². The predicted octanol–water partition coefficient (Wildman–Crippen LogP) is 2.14. The Bertz CT molecular complexity index is 939. The molecule has 27 heavy (non-hydrogen) atoms. The summed E-state index contributed by atoms with van der Waals surface area (Å²) in [6.07, 6.45) is 0. The highest BCUT2D eigenvalue weighted by atomic mass is 32.2. The van der Waals surface area contributed by atoms with Crippen LogP contribution in [0.3, 0.4) is 0 Å². The van der Waals surface area contributed by atoms with Crippen LogP contribution in [0.25, 0.3) is 10.8 Å². The van der Waals surface area contributed by atoms with Crippen molar-refractivity contribution in [3.05, 3.63) is 36.4 Å². The quantitative estimate of drug-likeness (QED) is 0.555. The van der Waals surface area contributed by atoms with Gasteiger partial charge in [0.15, 0.2) is 11.8 Å². The molecule has 0 saturated carbocycles. The van der Waals surface area contributed by atoms with Crippen LogP contribution in [0.4, 0.5) is 5.69 Å². The number of hydrogen-bond donors (Lipinski definition) is 2. The van der Waals surface area contributed by atoms with Crippen molar-refractivity contribution in [2.45, 2.75) is 4.90 Å². The molecule has 0 radical (unpaired) electrons. The van der Waals surface area contributed by atoms with Gasteiger partial charge in [-0.15, -0.1) is 0 Å². The largest absolute Gasteiger partial charge is 0.484 e. The molecule has 0 fully saturated rings. The van der Waals surface area contributed by atoms with E-state index in [4.69, 9.17) is 20.3 Å². The fraction of sp³-hybridized carbons (Fsp3) is 0.333. The monoisotopic (exact) mass is 392 g/mol. The second-order valence-corrected chi connectivity index (χ2v) is 7.96. The second-order valence-electron chi connectivity index (χ2n) is 6.05. The first-order chi connectivity index (χ1) is 12.7. The third kappa shape index (κ3) is 4.37. The Labute approximate surface area is 159 Å². The molecule has 0 bridgehead atoms. The highest BCUT2D eigenvalue weighted by Crippen LogP contribution is 2.31. The molecule has 0 aliphatic heterocycles. The van der Waals surface area contributed by atoms with Crippen LogP contribution in [0, 0.1) is 10.8 Å². The van der Waals surface area contributed by atoms with E-state index in [2.05, 4.69) is 0 Å². The van der Waals surface area contributed by atoms with E-state index >= 15 is 0 Å². The van der Waals surface area contributed by atoms with Gasteiger partial charge < -0.3 is 14.4 Å². The van der Waals surface area contributed by atoms with Gasteiger partial charge in [0.1, 0.15) is 0 Å². The minimum Gasteiger partial charge on any atom is -0.484 e. The van der Waals surface area contributed by atoms with Crippen molar-refractivity contribution in [3.8, 4) is 0 Å². The molecule has 0 aliphatic carbocycles. The Hall–Kier alpha value is -2.65. The Balaban J connectivity index is 2.63. The minimum absolute atomic E-state index is 0.108. The van der Waals surface area contributed by atoms with Gasteiger partial charge in [0, 0.05) is 30.6 Å². The van der Waals surface area contributed by atoms with E-state index in [1.165, 1.54) is 20.3 Å². The number of nitrogens with zero attached hydrogens (tertiary/aromatic N) is 2. The van der Waals surface area contributed by atoms with E-state index in [0.717, 1.165) is 15.4 Å². The Morgan fingerprint density at radius 1 is 0.926 bits per heavy atom. The predicted molar refractivity (Wildman–Crippen MR) is 107 cm³/mol. The maximum atomic E-state index is 13.3. The molecule has 0 saturated heterocycles. The molecule has 2 N–H and O–H groups in total. The average molecular weight is 392 g/mol. The van der Waals surface area contributed by atoms with Gasteiger partial charge in [0.2, 0.25) is 10.0 Å². The highest BCUT2D eigenvalue weighted by Gasteiger charge is 2.29. The number of hydrogen-bond acceptors (Lipinski definition) is 7. The van der Waals surface area contributed by atoms with Gasteiger partial charge in [-0.25, -0.2) is 8.42 Å². The van der Waals surface area contributed by atoms with Gasteiger partial charge in [-0.2, -0.15) is 4.31 Å². The van der Waals surface area contributed by atoms with Gasteiger partial charge in [-0.1, -0.05) is 24.3 Å². The first kappa shape index (κ1) is 20.7. The Kier molecular flexibility index (Phi) is 6.40. The molecule has 0 amide bonds. The number of ether oxygens (including phenoxy) is 2. The van der Waals surface area contributed by atoms with E-state index in [1.807, 2.05) is 31.1 Å². The lowest BCUT2D eigenvalue weighted by molar-refractivity contribution is 0.346. The van der Waals surface area contributed by atoms with Gasteiger partial charge in [-0.3, -0.25) is 10.8 Å². The zero-order valence-corrected chi connectivity index (χ0v) is 16.6. The van der Waals surface area contributed by atoms with Crippen molar-refractivity contribution in [2.24, 2.45) is 0 Å². The molecule has 0 atom stereocenters. The lowest BCUT2D eigenvalue weighted by Gasteiger charge is -2.23. The second kappa shape index (κ2) is 8.36. The minimum atomic E-state index is -4.01. The summed E-state index contributed by atoms with van der Waals surface area (Å²) >= 11 is 0. The summed E-state index contributed by atoms with van der Waals surface area (Å²) in [5.41, 5.74) is 0.894. The zero-order chi connectivity index (χ0) is 20.2. The third-order valence-electron chi connectivity index (χ3n) is 4.09. The molecule has 2 aromatic rings. The molecular formula is C18H24N4O4S. The van der Waals surface area contributed by atoms with E-state index in [1.54, 1.807) is 18.2 Å². The van der Waals surface area contributed by atoms with Crippen molar-refractivity contribution in [3.63, 3.8) is 0 Å². The maximum Gasteiger partial charge on any atom is 0.244 e. The molecule has 146 valence electrons. The molecular weight excluding hydrogens is 368 g/mol. The normalized spacial score (nSPS) is 11.4. The van der Waals surface area contributed by atoms with Gasteiger partial charge in [0.25, 0.3) is 0 Å². The average Bonchev–Trinajstić information content (AvgIpc) is 2.65. The lowest BCUT2D eigenvalue weighted by atomic mass is 10.1. The van der Waals surface area contributed by atoms with Crippen LogP contribution in [0.15, 0.2) is 41.3 Å². The summed E-state index contributed by atoms with van der Waals surface area (Å²) in [4.78, 5) is 2.02. The van der Waals surface area contributed by atoms with Gasteiger partial charge in [-0.05, 0) is 12.1 Å². The van der Waals surface area contributed by atoms with E-state index < -0.39 is 10.0 Å². The molecule has 0 spiro atoms. The first-order valence-corrected chi connectivity index (χ1v) is 9.58. The molecule has 2 aromatic carbocycles. The number of sulfonamides is 1.